The van der Waals surface area contributed by atoms with Gasteiger partial charge in [-0.3, -0.25) is 0 Å². The maximum Gasteiger partial charge on any atom is 0.0669 e. The molecule has 1 fully saturated rings. The summed E-state index contributed by atoms with van der Waals surface area (Å²) in [7, 11) is 0. The minimum absolute atomic E-state index is 0.457. The minimum atomic E-state index is 0.457. The third-order valence-corrected chi connectivity index (χ3v) is 4.57. The predicted octanol–water partition coefficient (Wildman–Crippen LogP) is 4.62. The van der Waals surface area contributed by atoms with E-state index in [1.54, 1.807) is 0 Å². The predicted molar refractivity (Wildman–Crippen MR) is 81.6 cm³/mol. The fourth-order valence-electron chi connectivity index (χ4n) is 2.34. The van der Waals surface area contributed by atoms with Crippen molar-refractivity contribution in [3.05, 3.63) is 54.6 Å². The first-order chi connectivity index (χ1) is 9.42. The average Bonchev–Trinajstić information content (AvgIpc) is 3.00. The first kappa shape index (κ1) is 12.8. The lowest BCUT2D eigenvalue weighted by Crippen LogP contribution is -2.07. The lowest BCUT2D eigenvalue weighted by Gasteiger charge is -2.09. The highest BCUT2D eigenvalue weighted by atomic mass is 32.2. The molecule has 1 aliphatic rings. The van der Waals surface area contributed by atoms with Crippen LogP contribution in [0.3, 0.4) is 0 Å². The second-order valence-corrected chi connectivity index (χ2v) is 5.93. The molecule has 0 amide bonds. The van der Waals surface area contributed by atoms with Crippen molar-refractivity contribution in [3.8, 4) is 11.1 Å². The molecule has 0 spiro atoms. The van der Waals surface area contributed by atoms with Crippen molar-refractivity contribution in [2.45, 2.75) is 23.8 Å². The van der Waals surface area contributed by atoms with Crippen molar-refractivity contribution in [1.82, 2.24) is 0 Å². The van der Waals surface area contributed by atoms with Gasteiger partial charge in [-0.05, 0) is 36.1 Å². The number of benzene rings is 2. The summed E-state index contributed by atoms with van der Waals surface area (Å²) in [5.41, 5.74) is 2.56. The molecule has 3 rings (SSSR count). The van der Waals surface area contributed by atoms with Crippen molar-refractivity contribution >= 4 is 11.8 Å². The average molecular weight is 270 g/mol. The topological polar surface area (TPSA) is 9.23 Å². The molecule has 0 bridgehead atoms. The van der Waals surface area contributed by atoms with Crippen LogP contribution in [0.5, 0.6) is 0 Å². The zero-order chi connectivity index (χ0) is 12.9. The Hall–Kier alpha value is -1.25. The molecule has 0 saturated carbocycles. The molecule has 1 heterocycles. The van der Waals surface area contributed by atoms with Crippen LogP contribution in [0.15, 0.2) is 59.5 Å². The normalized spacial score (nSPS) is 18.6. The Labute approximate surface area is 119 Å². The van der Waals surface area contributed by atoms with Gasteiger partial charge in [0.2, 0.25) is 0 Å². The van der Waals surface area contributed by atoms with E-state index in [0.717, 1.165) is 12.4 Å². The lowest BCUT2D eigenvalue weighted by molar-refractivity contribution is 0.129. The van der Waals surface area contributed by atoms with E-state index in [4.69, 9.17) is 4.74 Å². The molecule has 0 N–H and O–H groups in total. The second kappa shape index (κ2) is 6.27. The Bertz CT molecular complexity index is 501. The SMILES string of the molecule is c1ccc(-c2ccc(SCC3CCCO3)cc2)cc1. The van der Waals surface area contributed by atoms with Gasteiger partial charge in [0.25, 0.3) is 0 Å². The number of rotatable bonds is 4. The quantitative estimate of drug-likeness (QED) is 0.749. The molecule has 0 aliphatic carbocycles. The molecule has 19 heavy (non-hydrogen) atoms. The highest BCUT2D eigenvalue weighted by Crippen LogP contribution is 2.26. The summed E-state index contributed by atoms with van der Waals surface area (Å²) in [6, 6.07) is 19.3. The van der Waals surface area contributed by atoms with E-state index in [1.807, 2.05) is 11.8 Å². The highest BCUT2D eigenvalue weighted by Gasteiger charge is 2.15. The molecular formula is C17H18OS. The van der Waals surface area contributed by atoms with E-state index in [9.17, 15) is 0 Å². The monoisotopic (exact) mass is 270 g/mol. The fraction of sp³-hybridized carbons (Fsp3) is 0.294. The van der Waals surface area contributed by atoms with Gasteiger partial charge < -0.3 is 4.74 Å². The molecular weight excluding hydrogens is 252 g/mol. The zero-order valence-electron chi connectivity index (χ0n) is 10.9. The number of hydrogen-bond donors (Lipinski definition) is 0. The number of ether oxygens (including phenoxy) is 1. The third-order valence-electron chi connectivity index (χ3n) is 3.42. The van der Waals surface area contributed by atoms with Crippen molar-refractivity contribution in [3.63, 3.8) is 0 Å². The molecule has 1 unspecified atom stereocenters. The Morgan fingerprint density at radius 3 is 2.37 bits per heavy atom. The van der Waals surface area contributed by atoms with Gasteiger partial charge in [0.1, 0.15) is 0 Å². The standard InChI is InChI=1S/C17H18OS/c1-2-5-14(6-3-1)15-8-10-17(11-9-15)19-13-16-7-4-12-18-16/h1-3,5-6,8-11,16H,4,7,12-13H2. The van der Waals surface area contributed by atoms with Crippen molar-refractivity contribution in [1.29, 1.82) is 0 Å². The summed E-state index contributed by atoms with van der Waals surface area (Å²) in [5.74, 6) is 1.07. The smallest absolute Gasteiger partial charge is 0.0669 e. The molecule has 2 aromatic rings. The number of thioether (sulfide) groups is 1. The Balaban J connectivity index is 1.62. The van der Waals surface area contributed by atoms with Crippen molar-refractivity contribution in [2.75, 3.05) is 12.4 Å². The molecule has 2 aromatic carbocycles. The van der Waals surface area contributed by atoms with Crippen LogP contribution in [0.25, 0.3) is 11.1 Å². The van der Waals surface area contributed by atoms with Gasteiger partial charge in [-0.25, -0.2) is 0 Å². The van der Waals surface area contributed by atoms with Gasteiger partial charge in [0.15, 0.2) is 0 Å². The molecule has 1 nitrogen and oxygen atoms in total. The molecule has 1 atom stereocenters. The molecule has 0 radical (unpaired) electrons. The van der Waals surface area contributed by atoms with Crippen LogP contribution in [0.2, 0.25) is 0 Å². The third kappa shape index (κ3) is 3.40. The van der Waals surface area contributed by atoms with Crippen LogP contribution in [0.4, 0.5) is 0 Å². The maximum atomic E-state index is 5.65. The Morgan fingerprint density at radius 2 is 1.68 bits per heavy atom. The molecule has 2 heteroatoms. The highest BCUT2D eigenvalue weighted by molar-refractivity contribution is 7.99. The molecule has 1 aliphatic heterocycles. The summed E-state index contributed by atoms with van der Waals surface area (Å²) in [5, 5.41) is 0. The van der Waals surface area contributed by atoms with Crippen LogP contribution in [0, 0.1) is 0 Å². The first-order valence-corrected chi connectivity index (χ1v) is 7.80. The van der Waals surface area contributed by atoms with Crippen LogP contribution in [0.1, 0.15) is 12.8 Å². The Kier molecular flexibility index (Phi) is 4.21. The molecule has 98 valence electrons. The van der Waals surface area contributed by atoms with E-state index < -0.39 is 0 Å². The summed E-state index contributed by atoms with van der Waals surface area (Å²) in [6.45, 7) is 0.943. The van der Waals surface area contributed by atoms with Crippen LogP contribution < -0.4 is 0 Å². The van der Waals surface area contributed by atoms with Crippen molar-refractivity contribution in [2.24, 2.45) is 0 Å². The van der Waals surface area contributed by atoms with E-state index in [1.165, 1.54) is 28.9 Å². The van der Waals surface area contributed by atoms with Gasteiger partial charge in [0, 0.05) is 17.3 Å². The number of hydrogen-bond acceptors (Lipinski definition) is 2. The molecule has 1 saturated heterocycles. The first-order valence-electron chi connectivity index (χ1n) is 6.82. The van der Waals surface area contributed by atoms with Crippen LogP contribution in [-0.4, -0.2) is 18.5 Å². The second-order valence-electron chi connectivity index (χ2n) is 4.84. The van der Waals surface area contributed by atoms with E-state index in [0.29, 0.717) is 6.10 Å². The van der Waals surface area contributed by atoms with E-state index in [-0.39, 0.29) is 0 Å². The summed E-state index contributed by atoms with van der Waals surface area (Å²) in [4.78, 5) is 1.33. The summed E-state index contributed by atoms with van der Waals surface area (Å²) < 4.78 is 5.65. The van der Waals surface area contributed by atoms with Crippen LogP contribution >= 0.6 is 11.8 Å². The van der Waals surface area contributed by atoms with E-state index in [2.05, 4.69) is 54.6 Å². The molecule has 0 aromatic heterocycles. The van der Waals surface area contributed by atoms with Gasteiger partial charge in [-0.1, -0.05) is 42.5 Å². The maximum absolute atomic E-state index is 5.65. The summed E-state index contributed by atoms with van der Waals surface area (Å²) in [6.07, 6.45) is 2.89. The Morgan fingerprint density at radius 1 is 0.947 bits per heavy atom. The summed E-state index contributed by atoms with van der Waals surface area (Å²) >= 11 is 1.90. The van der Waals surface area contributed by atoms with Gasteiger partial charge >= 0.3 is 0 Å². The van der Waals surface area contributed by atoms with Gasteiger partial charge in [-0.2, -0.15) is 0 Å². The van der Waals surface area contributed by atoms with Gasteiger partial charge in [-0.15, -0.1) is 11.8 Å². The van der Waals surface area contributed by atoms with E-state index >= 15 is 0 Å². The largest absolute Gasteiger partial charge is 0.377 e. The lowest BCUT2D eigenvalue weighted by atomic mass is 10.1. The van der Waals surface area contributed by atoms with Gasteiger partial charge in [0.05, 0.1) is 6.10 Å². The fourth-order valence-corrected chi connectivity index (χ4v) is 3.31. The zero-order valence-corrected chi connectivity index (χ0v) is 11.7. The van der Waals surface area contributed by atoms with Crippen molar-refractivity contribution < 1.29 is 4.74 Å². The van der Waals surface area contributed by atoms with Crippen LogP contribution in [-0.2, 0) is 4.74 Å². The minimum Gasteiger partial charge on any atom is -0.377 e.